The molecule has 98 valence electrons. The summed E-state index contributed by atoms with van der Waals surface area (Å²) in [6.07, 6.45) is 6.76. The Morgan fingerprint density at radius 2 is 2.37 bits per heavy atom. The summed E-state index contributed by atoms with van der Waals surface area (Å²) in [6.45, 7) is 2.96. The van der Waals surface area contributed by atoms with Crippen molar-refractivity contribution in [2.75, 3.05) is 13.1 Å². The highest BCUT2D eigenvalue weighted by atomic mass is 16.5. The highest BCUT2D eigenvalue weighted by molar-refractivity contribution is 5.87. The number of allylic oxidation sites excluding steroid dienone is 1. The van der Waals surface area contributed by atoms with E-state index in [1.807, 2.05) is 6.07 Å². The summed E-state index contributed by atoms with van der Waals surface area (Å²) in [7, 11) is 0. The van der Waals surface area contributed by atoms with Crippen molar-refractivity contribution < 1.29 is 9.53 Å². The largest absolute Gasteiger partial charge is 0.470 e. The lowest BCUT2D eigenvalue weighted by Gasteiger charge is -2.15. The summed E-state index contributed by atoms with van der Waals surface area (Å²) >= 11 is 0. The fourth-order valence-electron chi connectivity index (χ4n) is 1.92. The van der Waals surface area contributed by atoms with Crippen LogP contribution in [0, 0.1) is 11.3 Å². The first-order valence-corrected chi connectivity index (χ1v) is 6.04. The Kier molecular flexibility index (Phi) is 4.08. The molecule has 0 bridgehead atoms. The van der Waals surface area contributed by atoms with Crippen LogP contribution in [-0.2, 0) is 4.79 Å². The molecule has 19 heavy (non-hydrogen) atoms. The second-order valence-electron chi connectivity index (χ2n) is 4.13. The predicted octanol–water partition coefficient (Wildman–Crippen LogP) is 0.904. The van der Waals surface area contributed by atoms with E-state index in [4.69, 9.17) is 10.00 Å². The van der Waals surface area contributed by atoms with E-state index in [2.05, 4.69) is 9.97 Å². The van der Waals surface area contributed by atoms with Gasteiger partial charge in [-0.25, -0.2) is 9.97 Å². The maximum atomic E-state index is 11.7. The minimum atomic E-state index is -0.141. The molecule has 1 aliphatic heterocycles. The van der Waals surface area contributed by atoms with Gasteiger partial charge < -0.3 is 9.64 Å². The summed E-state index contributed by atoms with van der Waals surface area (Å²) in [4.78, 5) is 21.3. The normalized spacial score (nSPS) is 18.5. The van der Waals surface area contributed by atoms with Crippen LogP contribution in [0.15, 0.2) is 24.5 Å². The van der Waals surface area contributed by atoms with Gasteiger partial charge in [0.2, 0.25) is 11.6 Å². The second kappa shape index (κ2) is 5.96. The number of carbonyl (C=O) groups excluding carboxylic acids is 1. The van der Waals surface area contributed by atoms with E-state index >= 15 is 0 Å². The summed E-state index contributed by atoms with van der Waals surface area (Å²) in [5.74, 6) is 0.212. The van der Waals surface area contributed by atoms with Gasteiger partial charge in [-0.2, -0.15) is 5.26 Å². The predicted molar refractivity (Wildman–Crippen MR) is 67.2 cm³/mol. The lowest BCUT2D eigenvalue weighted by atomic mass is 10.3. The summed E-state index contributed by atoms with van der Waals surface area (Å²) in [6, 6.07) is 1.93. The van der Waals surface area contributed by atoms with Crippen molar-refractivity contribution in [3.8, 4) is 11.9 Å². The van der Waals surface area contributed by atoms with E-state index < -0.39 is 0 Å². The van der Waals surface area contributed by atoms with Crippen LogP contribution in [0.25, 0.3) is 0 Å². The molecular formula is C13H14N4O2. The monoisotopic (exact) mass is 258 g/mol. The molecule has 0 N–H and O–H groups in total. The Hall–Kier alpha value is -2.42. The van der Waals surface area contributed by atoms with Gasteiger partial charge >= 0.3 is 0 Å². The molecule has 1 saturated heterocycles. The van der Waals surface area contributed by atoms with E-state index in [9.17, 15) is 4.79 Å². The zero-order chi connectivity index (χ0) is 13.7. The van der Waals surface area contributed by atoms with Crippen molar-refractivity contribution in [3.63, 3.8) is 0 Å². The number of aromatic nitrogens is 2. The van der Waals surface area contributed by atoms with Crippen LogP contribution in [-0.4, -0.2) is 40.0 Å². The first kappa shape index (κ1) is 13.0. The van der Waals surface area contributed by atoms with Gasteiger partial charge in [0.25, 0.3) is 5.88 Å². The van der Waals surface area contributed by atoms with E-state index in [1.165, 1.54) is 18.5 Å². The molecule has 0 spiro atoms. The number of rotatable bonds is 3. The van der Waals surface area contributed by atoms with E-state index in [0.29, 0.717) is 13.1 Å². The number of carbonyl (C=O) groups is 1. The minimum Gasteiger partial charge on any atom is -0.470 e. The standard InChI is InChI=1S/C13H14N4O2/c1-2-3-12(18)17-7-4-10(9-17)19-13-11(8-14)15-5-6-16-13/h2-3,5-6,10H,4,7,9H2,1H3/b3-2+. The molecule has 6 heteroatoms. The van der Waals surface area contributed by atoms with E-state index in [-0.39, 0.29) is 23.6 Å². The number of hydrogen-bond donors (Lipinski definition) is 0. The van der Waals surface area contributed by atoms with Crippen LogP contribution in [0.5, 0.6) is 5.88 Å². The molecule has 0 aromatic carbocycles. The van der Waals surface area contributed by atoms with Gasteiger partial charge in [0.15, 0.2) is 0 Å². The lowest BCUT2D eigenvalue weighted by molar-refractivity contribution is -0.125. The van der Waals surface area contributed by atoms with Gasteiger partial charge in [0.05, 0.1) is 6.54 Å². The third kappa shape index (κ3) is 3.07. The molecule has 1 aromatic heterocycles. The highest BCUT2D eigenvalue weighted by Gasteiger charge is 2.27. The first-order chi connectivity index (χ1) is 9.24. The Balaban J connectivity index is 1.99. The number of ether oxygens (including phenoxy) is 1. The Morgan fingerprint density at radius 3 is 3.11 bits per heavy atom. The summed E-state index contributed by atoms with van der Waals surface area (Å²) < 4.78 is 5.64. The average molecular weight is 258 g/mol. The molecule has 1 unspecified atom stereocenters. The van der Waals surface area contributed by atoms with E-state index in [0.717, 1.165) is 6.42 Å². The Morgan fingerprint density at radius 1 is 1.58 bits per heavy atom. The molecule has 1 aliphatic rings. The topological polar surface area (TPSA) is 79.1 Å². The maximum absolute atomic E-state index is 11.7. The number of nitrogens with zero attached hydrogens (tertiary/aromatic N) is 4. The molecule has 1 fully saturated rings. The Labute approximate surface area is 111 Å². The van der Waals surface area contributed by atoms with Gasteiger partial charge in [-0.15, -0.1) is 0 Å². The number of amides is 1. The van der Waals surface area contributed by atoms with Gasteiger partial charge in [-0.1, -0.05) is 6.08 Å². The molecule has 0 saturated carbocycles. The van der Waals surface area contributed by atoms with Gasteiger partial charge in [0, 0.05) is 25.4 Å². The third-order valence-corrected chi connectivity index (χ3v) is 2.81. The van der Waals surface area contributed by atoms with Crippen LogP contribution in [0.4, 0.5) is 0 Å². The first-order valence-electron chi connectivity index (χ1n) is 6.04. The molecule has 1 atom stereocenters. The van der Waals surface area contributed by atoms with Crippen LogP contribution < -0.4 is 4.74 Å². The lowest BCUT2D eigenvalue weighted by Crippen LogP contribution is -2.29. The smallest absolute Gasteiger partial charge is 0.251 e. The minimum absolute atomic E-state index is 0.0201. The van der Waals surface area contributed by atoms with Crippen LogP contribution >= 0.6 is 0 Å². The Bertz CT molecular complexity index is 536. The fraction of sp³-hybridized carbons (Fsp3) is 0.385. The second-order valence-corrected chi connectivity index (χ2v) is 4.13. The van der Waals surface area contributed by atoms with Gasteiger partial charge in [0.1, 0.15) is 12.2 Å². The van der Waals surface area contributed by atoms with Gasteiger partial charge in [-0.05, 0) is 13.0 Å². The van der Waals surface area contributed by atoms with Crippen LogP contribution in [0.3, 0.4) is 0 Å². The molecule has 0 aliphatic carbocycles. The number of hydrogen-bond acceptors (Lipinski definition) is 5. The number of nitriles is 1. The zero-order valence-corrected chi connectivity index (χ0v) is 10.6. The van der Waals surface area contributed by atoms with Gasteiger partial charge in [-0.3, -0.25) is 4.79 Å². The third-order valence-electron chi connectivity index (χ3n) is 2.81. The van der Waals surface area contributed by atoms with Crippen LogP contribution in [0.1, 0.15) is 19.0 Å². The number of likely N-dealkylation sites (tertiary alicyclic amines) is 1. The molecule has 0 radical (unpaired) electrons. The fourth-order valence-corrected chi connectivity index (χ4v) is 1.92. The van der Waals surface area contributed by atoms with Crippen molar-refractivity contribution >= 4 is 5.91 Å². The molecule has 1 aromatic rings. The highest BCUT2D eigenvalue weighted by Crippen LogP contribution is 2.18. The molecule has 2 rings (SSSR count). The molecule has 2 heterocycles. The maximum Gasteiger partial charge on any atom is 0.251 e. The summed E-state index contributed by atoms with van der Waals surface area (Å²) in [5, 5.41) is 8.90. The van der Waals surface area contributed by atoms with Crippen molar-refractivity contribution in [3.05, 3.63) is 30.2 Å². The average Bonchev–Trinajstić information content (AvgIpc) is 2.88. The van der Waals surface area contributed by atoms with E-state index in [1.54, 1.807) is 17.9 Å². The molecule has 1 amide bonds. The van der Waals surface area contributed by atoms with Crippen LogP contribution in [0.2, 0.25) is 0 Å². The summed E-state index contributed by atoms with van der Waals surface area (Å²) in [5.41, 5.74) is 0.167. The van der Waals surface area contributed by atoms with Crippen molar-refractivity contribution in [1.82, 2.24) is 14.9 Å². The van der Waals surface area contributed by atoms with Crippen molar-refractivity contribution in [2.24, 2.45) is 0 Å². The quantitative estimate of drug-likeness (QED) is 0.753. The zero-order valence-electron chi connectivity index (χ0n) is 10.6. The van der Waals surface area contributed by atoms with Crippen molar-refractivity contribution in [1.29, 1.82) is 5.26 Å². The van der Waals surface area contributed by atoms with Crippen molar-refractivity contribution in [2.45, 2.75) is 19.4 Å². The molecule has 6 nitrogen and oxygen atoms in total. The molecular weight excluding hydrogens is 244 g/mol. The SMILES string of the molecule is C/C=C/C(=O)N1CCC(Oc2nccnc2C#N)C1.